The summed E-state index contributed by atoms with van der Waals surface area (Å²) in [6.45, 7) is 0.959. The highest BCUT2D eigenvalue weighted by atomic mass is 16.4. The molecule has 0 unspecified atom stereocenters. The molecule has 0 amide bonds. The lowest BCUT2D eigenvalue weighted by Crippen LogP contribution is -2.29. The van der Waals surface area contributed by atoms with Crippen molar-refractivity contribution < 1.29 is 15.0 Å². The van der Waals surface area contributed by atoms with Gasteiger partial charge in [0.25, 0.3) is 0 Å². The fourth-order valence-corrected chi connectivity index (χ4v) is 3.54. The van der Waals surface area contributed by atoms with Gasteiger partial charge in [0, 0.05) is 24.0 Å². The summed E-state index contributed by atoms with van der Waals surface area (Å²) in [6.07, 6.45) is 0.773. The number of fused-ring (bicyclic) bond motifs is 1. The number of anilines is 1. The first-order chi connectivity index (χ1) is 15.1. The van der Waals surface area contributed by atoms with Crippen molar-refractivity contribution in [1.29, 1.82) is 0 Å². The van der Waals surface area contributed by atoms with Gasteiger partial charge in [-0.1, -0.05) is 54.6 Å². The molecule has 1 aromatic heterocycles. The predicted molar refractivity (Wildman–Crippen MR) is 121 cm³/mol. The summed E-state index contributed by atoms with van der Waals surface area (Å²) in [5, 5.41) is 20.0. The van der Waals surface area contributed by atoms with E-state index in [2.05, 4.69) is 17.1 Å². The average molecular weight is 413 g/mol. The second-order valence-corrected chi connectivity index (χ2v) is 7.30. The number of aromatic hydroxyl groups is 1. The first-order valence-electron chi connectivity index (χ1n) is 10.2. The lowest BCUT2D eigenvalue weighted by atomic mass is 10.1. The molecule has 156 valence electrons. The molecular formula is C25H23N3O3. The highest BCUT2D eigenvalue weighted by Crippen LogP contribution is 2.29. The van der Waals surface area contributed by atoms with Gasteiger partial charge in [-0.2, -0.15) is 0 Å². The molecule has 0 aliphatic rings. The molecule has 3 aromatic carbocycles. The van der Waals surface area contributed by atoms with Crippen molar-refractivity contribution in [3.8, 4) is 17.1 Å². The van der Waals surface area contributed by atoms with Gasteiger partial charge in [0.1, 0.15) is 11.6 Å². The van der Waals surface area contributed by atoms with Crippen LogP contribution in [0.15, 0.2) is 78.9 Å². The van der Waals surface area contributed by atoms with E-state index in [-0.39, 0.29) is 12.2 Å². The molecule has 2 N–H and O–H groups in total. The highest BCUT2D eigenvalue weighted by molar-refractivity contribution is 5.91. The third kappa shape index (κ3) is 4.98. The van der Waals surface area contributed by atoms with Crippen molar-refractivity contribution >= 4 is 22.7 Å². The Hall–Kier alpha value is -3.93. The predicted octanol–water partition coefficient (Wildman–Crippen LogP) is 4.53. The van der Waals surface area contributed by atoms with Crippen LogP contribution in [-0.4, -0.2) is 39.2 Å². The van der Waals surface area contributed by atoms with Gasteiger partial charge in [0.05, 0.1) is 11.9 Å². The first-order valence-corrected chi connectivity index (χ1v) is 10.2. The number of carbonyl (C=O) groups is 1. The van der Waals surface area contributed by atoms with Crippen molar-refractivity contribution in [2.75, 3.05) is 18.0 Å². The zero-order chi connectivity index (χ0) is 21.6. The zero-order valence-corrected chi connectivity index (χ0v) is 17.0. The number of para-hydroxylation sites is 1. The van der Waals surface area contributed by atoms with Crippen LogP contribution in [0, 0.1) is 0 Å². The van der Waals surface area contributed by atoms with E-state index >= 15 is 0 Å². The minimum atomic E-state index is -0.851. The maximum absolute atomic E-state index is 11.3. The molecule has 0 aliphatic carbocycles. The van der Waals surface area contributed by atoms with Crippen molar-refractivity contribution in [3.05, 3.63) is 84.4 Å². The summed E-state index contributed by atoms with van der Waals surface area (Å²) in [6, 6.07) is 24.6. The van der Waals surface area contributed by atoms with Crippen molar-refractivity contribution in [2.24, 2.45) is 0 Å². The molecule has 0 atom stereocenters. The molecule has 31 heavy (non-hydrogen) atoms. The fourth-order valence-electron chi connectivity index (χ4n) is 3.54. The number of nitrogens with zero attached hydrogens (tertiary/aromatic N) is 3. The average Bonchev–Trinajstić information content (AvgIpc) is 2.79. The standard InChI is InChI=1S/C25H23N3O3/c29-20-10-6-9-19(17-20)24-26-22-12-5-4-11-21(22)25(27-24)28(16-14-23(30)31)15-13-18-7-2-1-3-8-18/h1-12,17,29H,13-16H2,(H,30,31). The van der Waals surface area contributed by atoms with E-state index < -0.39 is 5.97 Å². The van der Waals surface area contributed by atoms with Gasteiger partial charge >= 0.3 is 5.97 Å². The molecule has 4 aromatic rings. The van der Waals surface area contributed by atoms with E-state index in [0.29, 0.717) is 30.3 Å². The van der Waals surface area contributed by atoms with Crippen molar-refractivity contribution in [3.63, 3.8) is 0 Å². The summed E-state index contributed by atoms with van der Waals surface area (Å²) in [7, 11) is 0. The Morgan fingerprint density at radius 1 is 0.871 bits per heavy atom. The summed E-state index contributed by atoms with van der Waals surface area (Å²) in [5.41, 5.74) is 2.65. The van der Waals surface area contributed by atoms with Crippen LogP contribution < -0.4 is 4.90 Å². The maximum Gasteiger partial charge on any atom is 0.305 e. The summed E-state index contributed by atoms with van der Waals surface area (Å²) in [5.74, 6) is 0.477. The third-order valence-electron chi connectivity index (χ3n) is 5.10. The third-order valence-corrected chi connectivity index (χ3v) is 5.10. The molecule has 1 heterocycles. The van der Waals surface area contributed by atoms with E-state index in [1.807, 2.05) is 53.4 Å². The van der Waals surface area contributed by atoms with E-state index in [1.54, 1.807) is 18.2 Å². The Labute approximate surface area is 180 Å². The minimum Gasteiger partial charge on any atom is -0.508 e. The van der Waals surface area contributed by atoms with Gasteiger partial charge in [-0.3, -0.25) is 4.79 Å². The first kappa shape index (κ1) is 20.3. The second-order valence-electron chi connectivity index (χ2n) is 7.30. The summed E-state index contributed by atoms with van der Waals surface area (Å²) >= 11 is 0. The molecule has 0 radical (unpaired) electrons. The lowest BCUT2D eigenvalue weighted by Gasteiger charge is -2.25. The Bertz CT molecular complexity index is 1190. The zero-order valence-electron chi connectivity index (χ0n) is 17.0. The summed E-state index contributed by atoms with van der Waals surface area (Å²) in [4.78, 5) is 22.8. The Morgan fingerprint density at radius 2 is 1.65 bits per heavy atom. The minimum absolute atomic E-state index is 0.00851. The topological polar surface area (TPSA) is 86.5 Å². The molecule has 4 rings (SSSR count). The van der Waals surface area contributed by atoms with Crippen LogP contribution in [0.1, 0.15) is 12.0 Å². The van der Waals surface area contributed by atoms with Crippen LogP contribution in [0.5, 0.6) is 5.75 Å². The normalized spacial score (nSPS) is 10.8. The molecule has 0 bridgehead atoms. The van der Waals surface area contributed by atoms with Crippen LogP contribution in [0.4, 0.5) is 5.82 Å². The molecule has 0 saturated carbocycles. The lowest BCUT2D eigenvalue weighted by molar-refractivity contribution is -0.136. The Morgan fingerprint density at radius 3 is 2.42 bits per heavy atom. The number of rotatable bonds is 8. The number of carboxylic acids is 1. The van der Waals surface area contributed by atoms with Crippen LogP contribution in [0.3, 0.4) is 0 Å². The van der Waals surface area contributed by atoms with Gasteiger partial charge < -0.3 is 15.1 Å². The van der Waals surface area contributed by atoms with Gasteiger partial charge in [-0.15, -0.1) is 0 Å². The number of phenols is 1. The molecule has 0 fully saturated rings. The van der Waals surface area contributed by atoms with Crippen molar-refractivity contribution in [1.82, 2.24) is 9.97 Å². The van der Waals surface area contributed by atoms with Gasteiger partial charge in [0.15, 0.2) is 5.82 Å². The maximum atomic E-state index is 11.3. The van der Waals surface area contributed by atoms with E-state index in [1.165, 1.54) is 5.56 Å². The SMILES string of the molecule is O=C(O)CCN(CCc1ccccc1)c1nc(-c2cccc(O)c2)nc2ccccc12. The van der Waals surface area contributed by atoms with Gasteiger partial charge in [0.2, 0.25) is 0 Å². The number of aromatic nitrogens is 2. The number of aliphatic carboxylic acids is 1. The van der Waals surface area contributed by atoms with E-state index in [4.69, 9.17) is 4.98 Å². The number of phenolic OH excluding ortho intramolecular Hbond substituents is 1. The molecule has 6 nitrogen and oxygen atoms in total. The van der Waals surface area contributed by atoms with Crippen LogP contribution in [0.25, 0.3) is 22.3 Å². The second kappa shape index (κ2) is 9.26. The quantitative estimate of drug-likeness (QED) is 0.441. The fraction of sp³-hybridized carbons (Fsp3) is 0.160. The number of benzene rings is 3. The monoisotopic (exact) mass is 413 g/mol. The Balaban J connectivity index is 1.77. The van der Waals surface area contributed by atoms with Gasteiger partial charge in [-0.25, -0.2) is 9.97 Å². The van der Waals surface area contributed by atoms with E-state index in [9.17, 15) is 15.0 Å². The molecule has 0 saturated heterocycles. The molecular weight excluding hydrogens is 390 g/mol. The summed E-state index contributed by atoms with van der Waals surface area (Å²) < 4.78 is 0. The molecule has 6 heteroatoms. The highest BCUT2D eigenvalue weighted by Gasteiger charge is 2.17. The largest absolute Gasteiger partial charge is 0.508 e. The molecule has 0 aliphatic heterocycles. The smallest absolute Gasteiger partial charge is 0.305 e. The van der Waals surface area contributed by atoms with Crippen molar-refractivity contribution in [2.45, 2.75) is 12.8 Å². The van der Waals surface area contributed by atoms with Crippen LogP contribution >= 0.6 is 0 Å². The van der Waals surface area contributed by atoms with E-state index in [0.717, 1.165) is 17.3 Å². The van der Waals surface area contributed by atoms with Crippen LogP contribution in [-0.2, 0) is 11.2 Å². The van der Waals surface area contributed by atoms with Gasteiger partial charge in [-0.05, 0) is 36.2 Å². The number of hydrogen-bond acceptors (Lipinski definition) is 5. The molecule has 0 spiro atoms. The number of carboxylic acid groups (broad SMARTS) is 1. The number of hydrogen-bond donors (Lipinski definition) is 2. The van der Waals surface area contributed by atoms with Crippen LogP contribution in [0.2, 0.25) is 0 Å². The Kier molecular flexibility index (Phi) is 6.08.